The lowest BCUT2D eigenvalue weighted by Gasteiger charge is -2.17. The second-order valence-electron chi connectivity index (χ2n) is 7.30. The van der Waals surface area contributed by atoms with Crippen molar-refractivity contribution >= 4 is 17.7 Å². The molecule has 2 aromatic rings. The Morgan fingerprint density at radius 2 is 1.77 bits per heavy atom. The summed E-state index contributed by atoms with van der Waals surface area (Å²) in [5.74, 6) is -1.49. The number of methoxy groups -OCH3 is 1. The molecular weight excluding hydrogens is 388 g/mol. The van der Waals surface area contributed by atoms with E-state index < -0.39 is 18.5 Å². The number of carbonyl (C=O) groups is 3. The van der Waals surface area contributed by atoms with Crippen LogP contribution in [0.2, 0.25) is 0 Å². The molecule has 0 amide bonds. The summed E-state index contributed by atoms with van der Waals surface area (Å²) < 4.78 is 17.5. The first-order valence-corrected chi connectivity index (χ1v) is 9.87. The third kappa shape index (κ3) is 4.64. The molecule has 2 heterocycles. The second kappa shape index (κ2) is 9.75. The summed E-state index contributed by atoms with van der Waals surface area (Å²) in [5, 5.41) is 0. The van der Waals surface area contributed by atoms with Crippen LogP contribution in [0.5, 0.6) is 0 Å². The van der Waals surface area contributed by atoms with Crippen LogP contribution in [0.3, 0.4) is 0 Å². The van der Waals surface area contributed by atoms with Gasteiger partial charge in [0, 0.05) is 29.8 Å². The molecule has 0 spiro atoms. The second-order valence-corrected chi connectivity index (χ2v) is 7.30. The first-order valence-electron chi connectivity index (χ1n) is 9.87. The van der Waals surface area contributed by atoms with Gasteiger partial charge >= 0.3 is 11.9 Å². The lowest BCUT2D eigenvalue weighted by molar-refractivity contribution is 0.0468. The Morgan fingerprint density at radius 1 is 1.10 bits per heavy atom. The maximum atomic E-state index is 12.7. The number of aromatic nitrogens is 2. The highest BCUT2D eigenvalue weighted by molar-refractivity contribution is 6.02. The van der Waals surface area contributed by atoms with Crippen molar-refractivity contribution in [2.45, 2.75) is 47.6 Å². The van der Waals surface area contributed by atoms with Gasteiger partial charge in [0.1, 0.15) is 5.69 Å². The smallest absolute Gasteiger partial charge is 0.355 e. The fraction of sp³-hybridized carbons (Fsp3) is 0.500. The molecule has 0 aliphatic heterocycles. The molecule has 0 aliphatic rings. The predicted octanol–water partition coefficient (Wildman–Crippen LogP) is 3.47. The highest BCUT2D eigenvalue weighted by atomic mass is 16.5. The van der Waals surface area contributed by atoms with Crippen molar-refractivity contribution in [2.24, 2.45) is 0 Å². The first-order chi connectivity index (χ1) is 14.1. The van der Waals surface area contributed by atoms with E-state index in [-0.39, 0.29) is 24.1 Å². The van der Waals surface area contributed by atoms with Crippen molar-refractivity contribution in [3.05, 3.63) is 45.5 Å². The van der Waals surface area contributed by atoms with Crippen molar-refractivity contribution < 1.29 is 28.6 Å². The number of nitrogens with zero attached hydrogens (tertiary/aromatic N) is 1. The number of esters is 2. The highest BCUT2D eigenvalue weighted by Crippen LogP contribution is 2.22. The van der Waals surface area contributed by atoms with Gasteiger partial charge in [-0.1, -0.05) is 0 Å². The van der Waals surface area contributed by atoms with Crippen LogP contribution < -0.4 is 0 Å². The highest BCUT2D eigenvalue weighted by Gasteiger charge is 2.25. The van der Waals surface area contributed by atoms with Gasteiger partial charge in [-0.25, -0.2) is 9.59 Å². The maximum absolute atomic E-state index is 12.7. The number of hydrogen-bond acceptors (Lipinski definition) is 6. The van der Waals surface area contributed by atoms with Crippen LogP contribution in [0, 0.1) is 27.7 Å². The fourth-order valence-corrected chi connectivity index (χ4v) is 3.80. The maximum Gasteiger partial charge on any atom is 0.355 e. The molecular formula is C22H30N2O6. The summed E-state index contributed by atoms with van der Waals surface area (Å²) in [6.45, 7) is 11.2. The Hall–Kier alpha value is -2.87. The Kier molecular flexibility index (Phi) is 7.61. The lowest BCUT2D eigenvalue weighted by atomic mass is 10.1. The largest absolute Gasteiger partial charge is 0.462 e. The summed E-state index contributed by atoms with van der Waals surface area (Å²) >= 11 is 0. The molecule has 1 N–H and O–H groups in total. The zero-order chi connectivity index (χ0) is 22.6. The van der Waals surface area contributed by atoms with E-state index in [1.54, 1.807) is 33.9 Å². The van der Waals surface area contributed by atoms with Crippen molar-refractivity contribution in [3.63, 3.8) is 0 Å². The van der Waals surface area contributed by atoms with Crippen LogP contribution in [0.25, 0.3) is 0 Å². The minimum Gasteiger partial charge on any atom is -0.462 e. The zero-order valence-electron chi connectivity index (χ0n) is 18.7. The molecule has 0 saturated carbocycles. The number of nitrogens with one attached hydrogen (secondary N) is 1. The molecule has 2 aromatic heterocycles. The number of rotatable bonds is 9. The van der Waals surface area contributed by atoms with E-state index in [0.717, 1.165) is 11.4 Å². The average Bonchev–Trinajstić information content (AvgIpc) is 3.15. The normalized spacial score (nSPS) is 12.0. The van der Waals surface area contributed by atoms with E-state index in [1.807, 2.05) is 25.3 Å². The van der Waals surface area contributed by atoms with Crippen molar-refractivity contribution in [3.8, 4) is 0 Å². The van der Waals surface area contributed by atoms with Crippen LogP contribution in [0.15, 0.2) is 6.07 Å². The van der Waals surface area contributed by atoms with E-state index in [4.69, 9.17) is 14.2 Å². The molecule has 0 unspecified atom stereocenters. The number of H-pyrrole nitrogens is 1. The van der Waals surface area contributed by atoms with Gasteiger partial charge < -0.3 is 23.8 Å². The molecule has 0 saturated heterocycles. The van der Waals surface area contributed by atoms with Gasteiger partial charge in [0.15, 0.2) is 6.61 Å². The average molecular weight is 418 g/mol. The monoisotopic (exact) mass is 418 g/mol. The summed E-state index contributed by atoms with van der Waals surface area (Å²) in [7, 11) is 1.63. The van der Waals surface area contributed by atoms with E-state index >= 15 is 0 Å². The van der Waals surface area contributed by atoms with E-state index in [0.29, 0.717) is 29.0 Å². The third-order valence-corrected chi connectivity index (χ3v) is 5.09. The Labute approximate surface area is 176 Å². The molecule has 0 aliphatic carbocycles. The third-order valence-electron chi connectivity index (χ3n) is 5.09. The Morgan fingerprint density at radius 3 is 2.37 bits per heavy atom. The van der Waals surface area contributed by atoms with Crippen molar-refractivity contribution in [1.29, 1.82) is 0 Å². The van der Waals surface area contributed by atoms with E-state index in [9.17, 15) is 14.4 Å². The lowest BCUT2D eigenvalue weighted by Crippen LogP contribution is -2.17. The van der Waals surface area contributed by atoms with Gasteiger partial charge in [0.05, 0.1) is 24.8 Å². The molecule has 0 radical (unpaired) electrons. The zero-order valence-corrected chi connectivity index (χ0v) is 18.7. The Balaban J connectivity index is 2.14. The number of aryl methyl sites for hydroxylation is 2. The SMILES string of the molecule is CCOC(=O)c1c(C)[nH]c(C(=O)OCC(=O)c2cc(C)n([C@@H](C)COC)c2C)c1C. The molecule has 0 aromatic carbocycles. The molecule has 8 nitrogen and oxygen atoms in total. The van der Waals surface area contributed by atoms with Crippen LogP contribution in [0.4, 0.5) is 0 Å². The van der Waals surface area contributed by atoms with Crippen molar-refractivity contribution in [2.75, 3.05) is 26.9 Å². The van der Waals surface area contributed by atoms with Gasteiger partial charge in [-0.15, -0.1) is 0 Å². The van der Waals surface area contributed by atoms with Crippen LogP contribution in [0.1, 0.15) is 73.7 Å². The summed E-state index contributed by atoms with van der Waals surface area (Å²) in [5.41, 5.74) is 3.65. The minimum absolute atomic E-state index is 0.0740. The summed E-state index contributed by atoms with van der Waals surface area (Å²) in [4.78, 5) is 40.2. The molecule has 8 heteroatoms. The molecule has 0 bridgehead atoms. The minimum atomic E-state index is -0.693. The van der Waals surface area contributed by atoms with E-state index in [2.05, 4.69) is 4.98 Å². The van der Waals surface area contributed by atoms with Crippen molar-refractivity contribution in [1.82, 2.24) is 9.55 Å². The van der Waals surface area contributed by atoms with E-state index in [1.165, 1.54) is 0 Å². The summed E-state index contributed by atoms with van der Waals surface area (Å²) in [6, 6.07) is 1.87. The fourth-order valence-electron chi connectivity index (χ4n) is 3.80. The quantitative estimate of drug-likeness (QED) is 0.494. The standard InChI is InChI=1S/C22H30N2O6/c1-8-29-21(26)19-14(4)20(23-15(19)5)22(27)30-11-18(25)17-9-12(2)24(16(17)6)13(3)10-28-7/h9,13,23H,8,10-11H2,1-7H3/t13-/m0/s1. The number of carbonyl (C=O) groups excluding carboxylic acids is 3. The number of Topliss-reactive ketones (excluding diaryl/α,β-unsaturated/α-hetero) is 1. The van der Waals surface area contributed by atoms with Gasteiger partial charge in [-0.05, 0) is 53.2 Å². The Bertz CT molecular complexity index is 953. The number of hydrogen-bond donors (Lipinski definition) is 1. The van der Waals surface area contributed by atoms with Gasteiger partial charge in [0.2, 0.25) is 5.78 Å². The number of ether oxygens (including phenoxy) is 3. The first kappa shape index (κ1) is 23.4. The number of ketones is 1. The summed E-state index contributed by atoms with van der Waals surface area (Å²) in [6.07, 6.45) is 0. The molecule has 1 atom stereocenters. The topological polar surface area (TPSA) is 99.6 Å². The van der Waals surface area contributed by atoms with Crippen LogP contribution >= 0.6 is 0 Å². The number of aromatic amines is 1. The predicted molar refractivity (Wildman–Crippen MR) is 111 cm³/mol. The van der Waals surface area contributed by atoms with Crippen LogP contribution in [-0.4, -0.2) is 54.2 Å². The molecule has 30 heavy (non-hydrogen) atoms. The molecule has 164 valence electrons. The van der Waals surface area contributed by atoms with Gasteiger partial charge in [-0.2, -0.15) is 0 Å². The van der Waals surface area contributed by atoms with Gasteiger partial charge in [0.25, 0.3) is 0 Å². The van der Waals surface area contributed by atoms with Crippen LogP contribution in [-0.2, 0) is 14.2 Å². The molecule has 0 fully saturated rings. The van der Waals surface area contributed by atoms with Gasteiger partial charge in [-0.3, -0.25) is 4.79 Å². The molecule has 2 rings (SSSR count).